The van der Waals surface area contributed by atoms with Crippen LogP contribution in [0.2, 0.25) is 0 Å². The third kappa shape index (κ3) is 6.69. The highest BCUT2D eigenvalue weighted by Crippen LogP contribution is 2.33. The number of aromatic nitrogens is 8. The van der Waals surface area contributed by atoms with Crippen LogP contribution in [0, 0.1) is 5.82 Å². The maximum atomic E-state index is 15.4. The minimum Gasteiger partial charge on any atom is -0.352 e. The second-order valence-electron chi connectivity index (χ2n) is 14.7. The first-order valence-electron chi connectivity index (χ1n) is 18.4. The van der Waals surface area contributed by atoms with Crippen LogP contribution in [0.5, 0.6) is 0 Å². The molecule has 16 nitrogen and oxygen atoms in total. The zero-order valence-corrected chi connectivity index (χ0v) is 31.1. The minimum atomic E-state index is -3.50. The molecule has 2 saturated heterocycles. The van der Waals surface area contributed by atoms with Gasteiger partial charge in [0, 0.05) is 87.0 Å². The quantitative estimate of drug-likeness (QED) is 0.191. The maximum Gasteiger partial charge on any atom is 0.256 e. The van der Waals surface area contributed by atoms with Crippen molar-refractivity contribution >= 4 is 61.0 Å². The Labute approximate surface area is 315 Å². The Morgan fingerprint density at radius 1 is 0.964 bits per heavy atom. The molecular formula is C37H39FN12O4S. The average molecular weight is 767 g/mol. The molecule has 3 aliphatic rings. The fraction of sp³-hybridized carbons (Fsp3) is 0.378. The predicted octanol–water partition coefficient (Wildman–Crippen LogP) is 4.14. The van der Waals surface area contributed by atoms with Gasteiger partial charge in [-0.1, -0.05) is 0 Å². The van der Waals surface area contributed by atoms with Gasteiger partial charge in [-0.05, 0) is 56.7 Å². The lowest BCUT2D eigenvalue weighted by Gasteiger charge is -2.35. The van der Waals surface area contributed by atoms with Crippen LogP contribution in [0.3, 0.4) is 0 Å². The van der Waals surface area contributed by atoms with Gasteiger partial charge in [-0.25, -0.2) is 27.8 Å². The number of imide groups is 1. The predicted molar refractivity (Wildman–Crippen MR) is 203 cm³/mol. The molecule has 2 N–H and O–H groups in total. The Balaban J connectivity index is 0.884. The first kappa shape index (κ1) is 35.0. The number of amides is 2. The van der Waals surface area contributed by atoms with E-state index < -0.39 is 16.1 Å². The smallest absolute Gasteiger partial charge is 0.256 e. The highest BCUT2D eigenvalue weighted by molar-refractivity contribution is 7.90. The number of benzene rings is 1. The largest absolute Gasteiger partial charge is 0.352 e. The van der Waals surface area contributed by atoms with Crippen LogP contribution in [0.4, 0.5) is 21.8 Å². The molecule has 5 aromatic heterocycles. The van der Waals surface area contributed by atoms with E-state index in [0.29, 0.717) is 86.0 Å². The van der Waals surface area contributed by atoms with Crippen LogP contribution in [-0.4, -0.2) is 95.0 Å². The summed E-state index contributed by atoms with van der Waals surface area (Å²) >= 11 is 0. The van der Waals surface area contributed by atoms with Crippen molar-refractivity contribution in [2.24, 2.45) is 0 Å². The summed E-state index contributed by atoms with van der Waals surface area (Å²) in [5.41, 5.74) is 1.99. The Hall–Kier alpha value is -5.75. The second-order valence-corrected chi connectivity index (χ2v) is 16.8. The highest BCUT2D eigenvalue weighted by atomic mass is 32.2. The van der Waals surface area contributed by atoms with Gasteiger partial charge in [0.1, 0.15) is 23.5 Å². The molecule has 1 aliphatic carbocycles. The van der Waals surface area contributed by atoms with E-state index in [1.807, 2.05) is 29.2 Å². The van der Waals surface area contributed by atoms with Crippen molar-refractivity contribution in [2.75, 3.05) is 36.4 Å². The minimum absolute atomic E-state index is 0.0737. The summed E-state index contributed by atoms with van der Waals surface area (Å²) in [5, 5.41) is 16.8. The van der Waals surface area contributed by atoms with Gasteiger partial charge in [-0.15, -0.1) is 0 Å². The number of rotatable bonds is 10. The molecule has 284 valence electrons. The molecule has 1 aromatic carbocycles. The van der Waals surface area contributed by atoms with Gasteiger partial charge in [0.05, 0.1) is 34.1 Å². The third-order valence-corrected chi connectivity index (χ3v) is 12.5. The average Bonchev–Trinajstić information content (AvgIpc) is 3.59. The van der Waals surface area contributed by atoms with E-state index in [2.05, 4.69) is 49.3 Å². The monoisotopic (exact) mass is 766 g/mol. The number of piperazine rings is 1. The normalized spacial score (nSPS) is 18.5. The van der Waals surface area contributed by atoms with Crippen molar-refractivity contribution in [1.82, 2.24) is 48.7 Å². The van der Waals surface area contributed by atoms with Crippen LogP contribution >= 0.6 is 0 Å². The summed E-state index contributed by atoms with van der Waals surface area (Å²) in [4.78, 5) is 42.1. The van der Waals surface area contributed by atoms with Crippen molar-refractivity contribution in [1.29, 1.82) is 0 Å². The van der Waals surface area contributed by atoms with E-state index in [-0.39, 0.29) is 35.3 Å². The molecule has 0 bridgehead atoms. The van der Waals surface area contributed by atoms with Crippen LogP contribution < -0.4 is 15.5 Å². The van der Waals surface area contributed by atoms with Crippen molar-refractivity contribution in [2.45, 2.75) is 63.4 Å². The van der Waals surface area contributed by atoms with Crippen LogP contribution in [0.25, 0.3) is 33.1 Å². The number of anilines is 3. The van der Waals surface area contributed by atoms with Gasteiger partial charge in [-0.2, -0.15) is 14.3 Å². The lowest BCUT2D eigenvalue weighted by molar-refractivity contribution is -0.135. The summed E-state index contributed by atoms with van der Waals surface area (Å²) < 4.78 is 45.4. The van der Waals surface area contributed by atoms with E-state index in [0.717, 1.165) is 26.2 Å². The van der Waals surface area contributed by atoms with Crippen LogP contribution in [0.15, 0.2) is 61.4 Å². The first-order valence-corrected chi connectivity index (χ1v) is 19.9. The number of halogens is 1. The Bertz CT molecular complexity index is 2590. The summed E-state index contributed by atoms with van der Waals surface area (Å²) in [6.07, 6.45) is 11.9. The molecule has 0 radical (unpaired) electrons. The van der Waals surface area contributed by atoms with Crippen LogP contribution in [0.1, 0.15) is 57.2 Å². The molecule has 0 spiro atoms. The van der Waals surface area contributed by atoms with Crippen molar-refractivity contribution < 1.29 is 22.4 Å². The molecule has 18 heteroatoms. The number of nitrogens with zero attached hydrogens (tertiary/aromatic N) is 10. The number of fused-ring (bicyclic) bond motifs is 2. The summed E-state index contributed by atoms with van der Waals surface area (Å²) in [6, 6.07) is 6.61. The van der Waals surface area contributed by atoms with Gasteiger partial charge in [0.25, 0.3) is 10.0 Å². The maximum absolute atomic E-state index is 15.4. The molecular weight excluding hydrogens is 728 g/mol. The van der Waals surface area contributed by atoms with E-state index in [1.54, 1.807) is 23.0 Å². The summed E-state index contributed by atoms with van der Waals surface area (Å²) in [7, 11) is -3.50. The summed E-state index contributed by atoms with van der Waals surface area (Å²) in [6.45, 7) is 7.41. The van der Waals surface area contributed by atoms with Crippen LogP contribution in [-0.2, 0) is 26.2 Å². The number of nitrogens with one attached hydrogen (secondary N) is 2. The van der Waals surface area contributed by atoms with E-state index >= 15 is 4.39 Å². The number of hydrogen-bond acceptors (Lipinski definition) is 12. The molecule has 9 rings (SSSR count). The second kappa shape index (κ2) is 13.5. The Kier molecular flexibility index (Phi) is 8.60. The van der Waals surface area contributed by atoms with Crippen molar-refractivity contribution in [3.63, 3.8) is 0 Å². The van der Waals surface area contributed by atoms with Crippen molar-refractivity contribution in [3.8, 4) is 11.4 Å². The molecule has 1 unspecified atom stereocenters. The molecule has 7 heterocycles. The number of hydrogen-bond donors (Lipinski definition) is 2. The number of piperidine rings is 1. The SMILES string of the molecule is CC(C)n1nc(N2CCN(Cc3cc4cn(C5CCC(=O)NC5=O)cc4cc3F)CC2)c2cnc(Nc3ccnc(-c4cnn(S(=O)(=O)C5CC5)c4)n3)cc21. The number of carbonyl (C=O) groups is 2. The zero-order chi connectivity index (χ0) is 38.0. The zero-order valence-electron chi connectivity index (χ0n) is 30.3. The molecule has 1 saturated carbocycles. The highest BCUT2D eigenvalue weighted by Gasteiger charge is 2.38. The molecule has 3 fully saturated rings. The fourth-order valence-electron chi connectivity index (χ4n) is 7.35. The topological polar surface area (TPSA) is 178 Å². The number of carbonyl (C=O) groups excluding carboxylic acids is 2. The van der Waals surface area contributed by atoms with Gasteiger partial charge < -0.3 is 14.8 Å². The Morgan fingerprint density at radius 2 is 1.75 bits per heavy atom. The number of pyridine rings is 1. The van der Waals surface area contributed by atoms with Gasteiger partial charge in [0.15, 0.2) is 11.6 Å². The third-order valence-electron chi connectivity index (χ3n) is 10.5. The van der Waals surface area contributed by atoms with E-state index in [1.165, 1.54) is 18.5 Å². The molecule has 2 amide bonds. The Morgan fingerprint density at radius 3 is 2.49 bits per heavy atom. The molecule has 6 aromatic rings. The standard InChI is InChI=1S/C37H39FN12O4S/c1-22(2)50-31-15-33(42-32-7-8-39-35(43-32)26-16-41-49(21-26)55(53,54)27-3-4-27)40-17-28(31)36(45-50)47-11-9-46(10-12-47)18-25-13-23-19-48(20-24(23)14-29(25)38)30-5-6-34(51)44-37(30)52/h7-8,13-17,19-22,27,30H,3-6,9-12,18H2,1-2H3,(H,44,51,52)(H,39,40,42,43). The molecule has 1 atom stereocenters. The van der Waals surface area contributed by atoms with E-state index in [4.69, 9.17) is 10.1 Å². The lowest BCUT2D eigenvalue weighted by Crippen LogP contribution is -2.46. The van der Waals surface area contributed by atoms with E-state index in [9.17, 15) is 18.0 Å². The van der Waals surface area contributed by atoms with Gasteiger partial charge in [0.2, 0.25) is 11.8 Å². The first-order chi connectivity index (χ1) is 26.5. The lowest BCUT2D eigenvalue weighted by atomic mass is 10.1. The fourth-order valence-corrected chi connectivity index (χ4v) is 8.83. The molecule has 55 heavy (non-hydrogen) atoms. The van der Waals surface area contributed by atoms with Gasteiger partial charge >= 0.3 is 0 Å². The summed E-state index contributed by atoms with van der Waals surface area (Å²) in [5.74, 6) is 1.34. The molecule has 2 aliphatic heterocycles. The van der Waals surface area contributed by atoms with Crippen molar-refractivity contribution in [3.05, 3.63) is 72.8 Å². The van der Waals surface area contributed by atoms with Gasteiger partial charge in [-0.3, -0.25) is 24.5 Å².